The molecule has 0 aliphatic rings. The topological polar surface area (TPSA) is 88.5 Å². The number of carbonyl (C=O) groups excluding carboxylic acids is 2. The third kappa shape index (κ3) is 4.77. The van der Waals surface area contributed by atoms with Gasteiger partial charge in [0.15, 0.2) is 12.2 Å². The van der Waals surface area contributed by atoms with E-state index < -0.39 is 24.1 Å². The highest BCUT2D eigenvalue weighted by molar-refractivity contribution is 6.30. The fourth-order valence-electron chi connectivity index (χ4n) is 1.74. The van der Waals surface area contributed by atoms with Gasteiger partial charge in [-0.3, -0.25) is 4.79 Å². The zero-order valence-electron chi connectivity index (χ0n) is 12.3. The van der Waals surface area contributed by atoms with Gasteiger partial charge >= 0.3 is 5.97 Å². The summed E-state index contributed by atoms with van der Waals surface area (Å²) in [5.41, 5.74) is 0.393. The molecular weight excluding hydrogens is 320 g/mol. The molecule has 0 radical (unpaired) electrons. The Balaban J connectivity index is 1.92. The lowest BCUT2D eigenvalue weighted by Crippen LogP contribution is -2.32. The van der Waals surface area contributed by atoms with Crippen LogP contribution in [0.1, 0.15) is 18.6 Å². The van der Waals surface area contributed by atoms with Gasteiger partial charge in [0.25, 0.3) is 5.91 Å². The number of anilines is 1. The fourth-order valence-corrected chi connectivity index (χ4v) is 1.85. The summed E-state index contributed by atoms with van der Waals surface area (Å²) in [4.78, 5) is 27.7. The Hall–Kier alpha value is -2.44. The van der Waals surface area contributed by atoms with E-state index >= 15 is 0 Å². The number of benzene rings is 1. The van der Waals surface area contributed by atoms with E-state index in [1.54, 1.807) is 36.4 Å². The molecule has 0 aliphatic heterocycles. The van der Waals surface area contributed by atoms with Crippen LogP contribution in [-0.2, 0) is 14.3 Å². The van der Waals surface area contributed by atoms with Crippen LogP contribution in [0.25, 0.3) is 0 Å². The van der Waals surface area contributed by atoms with Crippen molar-refractivity contribution in [3.63, 3.8) is 0 Å². The maximum absolute atomic E-state index is 11.9. The standard InChI is InChI=1S/C16H15ClN2O4/c1-10(15(21)19-13-8-7-12(17)9-18-13)23-16(22)14(20)11-5-3-2-4-6-11/h2-10,14,20H,1H3,(H,18,19,21)/t10-,14+/m1/s1. The Bertz CT molecular complexity index is 676. The highest BCUT2D eigenvalue weighted by Gasteiger charge is 2.24. The summed E-state index contributed by atoms with van der Waals surface area (Å²) >= 11 is 5.70. The van der Waals surface area contributed by atoms with Crippen LogP contribution in [0, 0.1) is 0 Å². The molecule has 6 nitrogen and oxygen atoms in total. The number of aliphatic hydroxyl groups excluding tert-OH is 1. The van der Waals surface area contributed by atoms with Gasteiger partial charge in [0.05, 0.1) is 5.02 Å². The number of hydrogen-bond donors (Lipinski definition) is 2. The van der Waals surface area contributed by atoms with E-state index in [4.69, 9.17) is 16.3 Å². The van der Waals surface area contributed by atoms with E-state index in [0.29, 0.717) is 10.6 Å². The number of pyridine rings is 1. The van der Waals surface area contributed by atoms with Crippen LogP contribution in [0.2, 0.25) is 5.02 Å². The van der Waals surface area contributed by atoms with Gasteiger partial charge in [-0.25, -0.2) is 9.78 Å². The number of carbonyl (C=O) groups is 2. The number of aromatic nitrogens is 1. The molecule has 0 fully saturated rings. The minimum atomic E-state index is -1.44. The Morgan fingerprint density at radius 1 is 1.22 bits per heavy atom. The smallest absolute Gasteiger partial charge is 0.340 e. The maximum Gasteiger partial charge on any atom is 0.340 e. The van der Waals surface area contributed by atoms with Crippen LogP contribution >= 0.6 is 11.6 Å². The zero-order chi connectivity index (χ0) is 16.8. The molecule has 120 valence electrons. The lowest BCUT2D eigenvalue weighted by atomic mass is 10.1. The first-order valence-corrected chi connectivity index (χ1v) is 7.21. The lowest BCUT2D eigenvalue weighted by Gasteiger charge is -2.16. The number of rotatable bonds is 5. The summed E-state index contributed by atoms with van der Waals surface area (Å²) in [6, 6.07) is 11.4. The van der Waals surface area contributed by atoms with Crippen molar-refractivity contribution in [2.75, 3.05) is 5.32 Å². The summed E-state index contributed by atoms with van der Waals surface area (Å²) in [7, 11) is 0. The minimum absolute atomic E-state index is 0.283. The van der Waals surface area contributed by atoms with Crippen molar-refractivity contribution in [3.05, 3.63) is 59.2 Å². The number of halogens is 1. The third-order valence-corrected chi connectivity index (χ3v) is 3.20. The van der Waals surface area contributed by atoms with Gasteiger partial charge in [-0.15, -0.1) is 0 Å². The van der Waals surface area contributed by atoms with Crippen molar-refractivity contribution in [2.24, 2.45) is 0 Å². The molecule has 2 N–H and O–H groups in total. The second kappa shape index (κ2) is 7.71. The van der Waals surface area contributed by atoms with Crippen molar-refractivity contribution < 1.29 is 19.4 Å². The average Bonchev–Trinajstić information content (AvgIpc) is 2.56. The molecule has 1 aromatic heterocycles. The van der Waals surface area contributed by atoms with Gasteiger partial charge in [-0.05, 0) is 24.6 Å². The van der Waals surface area contributed by atoms with E-state index in [2.05, 4.69) is 10.3 Å². The molecule has 23 heavy (non-hydrogen) atoms. The van der Waals surface area contributed by atoms with Gasteiger partial charge in [-0.1, -0.05) is 41.9 Å². The van der Waals surface area contributed by atoms with E-state index in [1.807, 2.05) is 0 Å². The van der Waals surface area contributed by atoms with E-state index in [9.17, 15) is 14.7 Å². The predicted octanol–water partition coefficient (Wildman–Crippen LogP) is 2.34. The van der Waals surface area contributed by atoms with Crippen molar-refractivity contribution in [2.45, 2.75) is 19.1 Å². The fraction of sp³-hybridized carbons (Fsp3) is 0.188. The first-order chi connectivity index (χ1) is 11.0. The van der Waals surface area contributed by atoms with E-state index in [0.717, 1.165) is 0 Å². The van der Waals surface area contributed by atoms with Crippen LogP contribution < -0.4 is 5.32 Å². The Labute approximate surface area is 138 Å². The number of esters is 1. The molecule has 0 unspecified atom stereocenters. The van der Waals surface area contributed by atoms with Gasteiger partial charge in [0.1, 0.15) is 5.82 Å². The van der Waals surface area contributed by atoms with Gasteiger partial charge < -0.3 is 15.2 Å². The molecule has 2 aromatic rings. The number of nitrogens with zero attached hydrogens (tertiary/aromatic N) is 1. The second-order valence-corrected chi connectivity index (χ2v) is 5.18. The number of aliphatic hydroxyl groups is 1. The largest absolute Gasteiger partial charge is 0.450 e. The Morgan fingerprint density at radius 3 is 2.52 bits per heavy atom. The van der Waals surface area contributed by atoms with Gasteiger partial charge in [-0.2, -0.15) is 0 Å². The van der Waals surface area contributed by atoms with E-state index in [-0.39, 0.29) is 5.82 Å². The van der Waals surface area contributed by atoms with Crippen molar-refractivity contribution in [1.29, 1.82) is 0 Å². The Kier molecular flexibility index (Phi) is 5.67. The molecule has 7 heteroatoms. The monoisotopic (exact) mass is 334 g/mol. The molecule has 1 aromatic carbocycles. The molecular formula is C16H15ClN2O4. The highest BCUT2D eigenvalue weighted by Crippen LogP contribution is 2.15. The molecule has 2 rings (SSSR count). The SMILES string of the molecule is C[C@@H](OC(=O)[C@@H](O)c1ccccc1)C(=O)Nc1ccc(Cl)cn1. The zero-order valence-corrected chi connectivity index (χ0v) is 13.0. The number of hydrogen-bond acceptors (Lipinski definition) is 5. The van der Waals surface area contributed by atoms with E-state index in [1.165, 1.54) is 19.2 Å². The Morgan fingerprint density at radius 2 is 1.91 bits per heavy atom. The minimum Gasteiger partial charge on any atom is -0.450 e. The molecule has 0 saturated heterocycles. The van der Waals surface area contributed by atoms with Crippen molar-refractivity contribution in [1.82, 2.24) is 4.98 Å². The normalized spacial score (nSPS) is 13.0. The first-order valence-electron chi connectivity index (χ1n) is 6.83. The number of nitrogens with one attached hydrogen (secondary N) is 1. The predicted molar refractivity (Wildman–Crippen MR) is 84.8 cm³/mol. The highest BCUT2D eigenvalue weighted by atomic mass is 35.5. The molecule has 0 bridgehead atoms. The second-order valence-electron chi connectivity index (χ2n) is 4.74. The maximum atomic E-state index is 11.9. The van der Waals surface area contributed by atoms with Crippen molar-refractivity contribution >= 4 is 29.3 Å². The third-order valence-electron chi connectivity index (χ3n) is 2.98. The molecule has 2 atom stereocenters. The first kappa shape index (κ1) is 16.9. The quantitative estimate of drug-likeness (QED) is 0.819. The summed E-state index contributed by atoms with van der Waals surface area (Å²) in [6.07, 6.45) is -1.15. The lowest BCUT2D eigenvalue weighted by molar-refractivity contribution is -0.162. The van der Waals surface area contributed by atoms with Crippen LogP contribution in [0.5, 0.6) is 0 Å². The molecule has 1 heterocycles. The molecule has 1 amide bonds. The van der Waals surface area contributed by atoms with Crippen LogP contribution in [0.4, 0.5) is 5.82 Å². The summed E-state index contributed by atoms with van der Waals surface area (Å²) in [6.45, 7) is 1.40. The van der Waals surface area contributed by atoms with Crippen LogP contribution in [0.3, 0.4) is 0 Å². The molecule has 0 aliphatic carbocycles. The van der Waals surface area contributed by atoms with Crippen molar-refractivity contribution in [3.8, 4) is 0 Å². The molecule has 0 spiro atoms. The summed E-state index contributed by atoms with van der Waals surface area (Å²) < 4.78 is 4.97. The average molecular weight is 335 g/mol. The summed E-state index contributed by atoms with van der Waals surface area (Å²) in [5.74, 6) is -1.18. The van der Waals surface area contributed by atoms with Crippen LogP contribution in [-0.4, -0.2) is 28.1 Å². The van der Waals surface area contributed by atoms with Gasteiger partial charge in [0, 0.05) is 6.20 Å². The van der Waals surface area contributed by atoms with Crippen LogP contribution in [0.15, 0.2) is 48.7 Å². The number of ether oxygens (including phenoxy) is 1. The molecule has 0 saturated carbocycles. The summed E-state index contributed by atoms with van der Waals surface area (Å²) in [5, 5.41) is 12.8. The van der Waals surface area contributed by atoms with Gasteiger partial charge in [0.2, 0.25) is 0 Å². The number of amides is 1.